The molecular weight excluding hydrogens is 284 g/mol. The lowest BCUT2D eigenvalue weighted by Gasteiger charge is -2.36. The quantitative estimate of drug-likeness (QED) is 0.848. The van der Waals surface area contributed by atoms with Crippen molar-refractivity contribution in [3.63, 3.8) is 0 Å². The summed E-state index contributed by atoms with van der Waals surface area (Å²) >= 11 is 1.57. The van der Waals surface area contributed by atoms with Crippen LogP contribution in [0.3, 0.4) is 0 Å². The van der Waals surface area contributed by atoms with Crippen molar-refractivity contribution in [1.82, 2.24) is 8.61 Å². The van der Waals surface area contributed by atoms with Gasteiger partial charge in [-0.25, -0.2) is 0 Å². The summed E-state index contributed by atoms with van der Waals surface area (Å²) < 4.78 is 33.5. The summed E-state index contributed by atoms with van der Waals surface area (Å²) in [5.74, 6) is 0. The van der Waals surface area contributed by atoms with Gasteiger partial charge in [0.15, 0.2) is 0 Å². The first-order valence-corrected chi connectivity index (χ1v) is 8.61. The average molecular weight is 304 g/mol. The van der Waals surface area contributed by atoms with Gasteiger partial charge in [0, 0.05) is 26.7 Å². The monoisotopic (exact) mass is 304 g/mol. The van der Waals surface area contributed by atoms with E-state index in [1.165, 1.54) is 8.61 Å². The maximum atomic E-state index is 12.5. The Morgan fingerprint density at radius 2 is 2.05 bits per heavy atom. The van der Waals surface area contributed by atoms with Gasteiger partial charge in [-0.2, -0.15) is 28.4 Å². The first-order valence-electron chi connectivity index (χ1n) is 6.27. The van der Waals surface area contributed by atoms with Crippen molar-refractivity contribution in [2.75, 3.05) is 20.1 Å². The van der Waals surface area contributed by atoms with Gasteiger partial charge >= 0.3 is 0 Å². The first-order chi connectivity index (χ1) is 8.89. The van der Waals surface area contributed by atoms with E-state index in [4.69, 9.17) is 4.74 Å². The van der Waals surface area contributed by atoms with E-state index >= 15 is 0 Å². The molecule has 2 heterocycles. The highest BCUT2D eigenvalue weighted by atomic mass is 32.2. The summed E-state index contributed by atoms with van der Waals surface area (Å²) in [5, 5.41) is 3.92. The lowest BCUT2D eigenvalue weighted by atomic mass is 10.3. The summed E-state index contributed by atoms with van der Waals surface area (Å²) in [4.78, 5) is 0. The van der Waals surface area contributed by atoms with Gasteiger partial charge in [0.25, 0.3) is 10.2 Å². The Balaban J connectivity index is 2.08. The van der Waals surface area contributed by atoms with Crippen molar-refractivity contribution in [2.45, 2.75) is 32.6 Å². The lowest BCUT2D eigenvalue weighted by Crippen LogP contribution is -2.52. The molecule has 0 radical (unpaired) electrons. The van der Waals surface area contributed by atoms with Gasteiger partial charge in [0.05, 0.1) is 12.2 Å². The molecule has 0 bridgehead atoms. The Morgan fingerprint density at radius 1 is 1.42 bits per heavy atom. The molecule has 0 unspecified atom stereocenters. The molecule has 2 atom stereocenters. The van der Waals surface area contributed by atoms with Crippen LogP contribution in [0.1, 0.15) is 19.4 Å². The van der Waals surface area contributed by atoms with Crippen LogP contribution in [0.5, 0.6) is 0 Å². The highest BCUT2D eigenvalue weighted by Gasteiger charge is 2.33. The van der Waals surface area contributed by atoms with Gasteiger partial charge in [-0.1, -0.05) is 0 Å². The zero-order chi connectivity index (χ0) is 14.0. The Morgan fingerprint density at radius 3 is 2.58 bits per heavy atom. The van der Waals surface area contributed by atoms with Gasteiger partial charge in [-0.3, -0.25) is 0 Å². The molecule has 0 aromatic carbocycles. The molecule has 19 heavy (non-hydrogen) atoms. The number of hydrogen-bond donors (Lipinski definition) is 0. The second-order valence-corrected chi connectivity index (χ2v) is 7.79. The van der Waals surface area contributed by atoms with Gasteiger partial charge in [-0.05, 0) is 36.2 Å². The van der Waals surface area contributed by atoms with Crippen LogP contribution in [0.2, 0.25) is 0 Å². The maximum Gasteiger partial charge on any atom is 0.282 e. The summed E-state index contributed by atoms with van der Waals surface area (Å²) in [5.41, 5.74) is 1.02. The van der Waals surface area contributed by atoms with E-state index in [0.717, 1.165) is 5.56 Å². The van der Waals surface area contributed by atoms with E-state index in [2.05, 4.69) is 0 Å². The minimum Gasteiger partial charge on any atom is -0.373 e. The zero-order valence-electron chi connectivity index (χ0n) is 11.4. The fourth-order valence-corrected chi connectivity index (χ4v) is 4.40. The van der Waals surface area contributed by atoms with Gasteiger partial charge in [0.1, 0.15) is 0 Å². The van der Waals surface area contributed by atoms with Crippen LogP contribution in [-0.4, -0.2) is 49.4 Å². The van der Waals surface area contributed by atoms with Crippen LogP contribution in [-0.2, 0) is 21.5 Å². The molecule has 0 spiro atoms. The number of thiophene rings is 1. The van der Waals surface area contributed by atoms with Crippen molar-refractivity contribution in [3.05, 3.63) is 22.4 Å². The molecule has 1 aromatic heterocycles. The standard InChI is InChI=1S/C12H20N2O3S2/c1-10-6-14(7-11(2)17-10)19(15,16)13(3)8-12-4-5-18-9-12/h4-5,9-11H,6-8H2,1-3H3/t10-,11-/m0/s1. The molecular formula is C12H20N2O3S2. The molecule has 0 amide bonds. The van der Waals surface area contributed by atoms with E-state index in [9.17, 15) is 8.42 Å². The van der Waals surface area contributed by atoms with E-state index in [0.29, 0.717) is 19.6 Å². The van der Waals surface area contributed by atoms with Crippen molar-refractivity contribution >= 4 is 21.5 Å². The van der Waals surface area contributed by atoms with Crippen LogP contribution in [0.4, 0.5) is 0 Å². The van der Waals surface area contributed by atoms with E-state index in [1.54, 1.807) is 18.4 Å². The topological polar surface area (TPSA) is 49.9 Å². The fourth-order valence-electron chi connectivity index (χ4n) is 2.24. The van der Waals surface area contributed by atoms with Crippen LogP contribution in [0.25, 0.3) is 0 Å². The molecule has 0 N–H and O–H groups in total. The molecule has 0 saturated carbocycles. The number of morpholine rings is 1. The van der Waals surface area contributed by atoms with Crippen molar-refractivity contribution in [2.24, 2.45) is 0 Å². The van der Waals surface area contributed by atoms with Crippen molar-refractivity contribution in [3.8, 4) is 0 Å². The minimum atomic E-state index is -3.41. The number of hydrogen-bond acceptors (Lipinski definition) is 4. The highest BCUT2D eigenvalue weighted by molar-refractivity contribution is 7.86. The Labute approximate surface area is 119 Å². The average Bonchev–Trinajstić information content (AvgIpc) is 2.80. The second kappa shape index (κ2) is 5.88. The smallest absolute Gasteiger partial charge is 0.282 e. The maximum absolute atomic E-state index is 12.5. The summed E-state index contributed by atoms with van der Waals surface area (Å²) in [6, 6.07) is 1.95. The van der Waals surface area contributed by atoms with E-state index < -0.39 is 10.2 Å². The van der Waals surface area contributed by atoms with E-state index in [-0.39, 0.29) is 12.2 Å². The van der Waals surface area contributed by atoms with Gasteiger partial charge in [0.2, 0.25) is 0 Å². The molecule has 7 heteroatoms. The molecule has 2 rings (SSSR count). The molecule has 1 aromatic rings. The van der Waals surface area contributed by atoms with Crippen LogP contribution in [0, 0.1) is 0 Å². The third-order valence-corrected chi connectivity index (χ3v) is 5.69. The molecule has 1 aliphatic heterocycles. The molecule has 5 nitrogen and oxygen atoms in total. The lowest BCUT2D eigenvalue weighted by molar-refractivity contribution is -0.0453. The Hall–Kier alpha value is -0.470. The normalized spacial score (nSPS) is 25.9. The predicted molar refractivity (Wildman–Crippen MR) is 76.3 cm³/mol. The Bertz CT molecular complexity index is 491. The SMILES string of the molecule is C[C@H]1CN(S(=O)(=O)N(C)Cc2ccsc2)C[C@H](C)O1. The van der Waals surface area contributed by atoms with Gasteiger partial charge in [-0.15, -0.1) is 0 Å². The molecule has 0 aliphatic carbocycles. The van der Waals surface area contributed by atoms with Crippen LogP contribution >= 0.6 is 11.3 Å². The van der Waals surface area contributed by atoms with Crippen molar-refractivity contribution in [1.29, 1.82) is 0 Å². The zero-order valence-corrected chi connectivity index (χ0v) is 13.1. The number of nitrogens with zero attached hydrogens (tertiary/aromatic N) is 2. The third kappa shape index (κ3) is 3.55. The first kappa shape index (κ1) is 14.9. The largest absolute Gasteiger partial charge is 0.373 e. The summed E-state index contributed by atoms with van der Waals surface area (Å²) in [6.45, 7) is 5.04. The summed E-state index contributed by atoms with van der Waals surface area (Å²) in [6.07, 6.45) is -0.124. The third-order valence-electron chi connectivity index (χ3n) is 3.09. The molecule has 1 fully saturated rings. The fraction of sp³-hybridized carbons (Fsp3) is 0.667. The predicted octanol–water partition coefficient (Wildman–Crippen LogP) is 1.53. The summed E-state index contributed by atoms with van der Waals surface area (Å²) in [7, 11) is -1.79. The van der Waals surface area contributed by atoms with Crippen molar-refractivity contribution < 1.29 is 13.2 Å². The Kier molecular flexibility index (Phi) is 4.62. The van der Waals surface area contributed by atoms with Crippen LogP contribution in [0.15, 0.2) is 16.8 Å². The van der Waals surface area contributed by atoms with Gasteiger partial charge < -0.3 is 4.74 Å². The number of ether oxygens (including phenoxy) is 1. The van der Waals surface area contributed by atoms with E-state index in [1.807, 2.05) is 30.7 Å². The highest BCUT2D eigenvalue weighted by Crippen LogP contribution is 2.18. The number of rotatable bonds is 4. The molecule has 1 saturated heterocycles. The molecule has 1 aliphatic rings. The minimum absolute atomic E-state index is 0.0620. The molecule has 108 valence electrons. The van der Waals surface area contributed by atoms with Crippen LogP contribution < -0.4 is 0 Å². The second-order valence-electron chi connectivity index (χ2n) is 4.97.